The van der Waals surface area contributed by atoms with E-state index in [0.717, 1.165) is 19.3 Å². The van der Waals surface area contributed by atoms with Gasteiger partial charge in [-0.2, -0.15) is 0 Å². The summed E-state index contributed by atoms with van der Waals surface area (Å²) >= 11 is 0. The Morgan fingerprint density at radius 3 is 2.35 bits per heavy atom. The molecule has 1 aliphatic carbocycles. The number of nitrogens with one attached hydrogen (secondary N) is 2. The minimum absolute atomic E-state index is 0.0369. The Morgan fingerprint density at radius 2 is 1.70 bits per heavy atom. The number of hydrogen-bond donors (Lipinski definition) is 9. The zero-order valence-electron chi connectivity index (χ0n) is 23.4. The largest absolute Gasteiger partial charge is 0.396 e. The fraction of sp³-hybridized carbons (Fsp3) is 0.962. The molecule has 14 nitrogen and oxygen atoms in total. The lowest BCUT2D eigenvalue weighted by atomic mass is 9.82. The molecule has 0 aromatic carbocycles. The summed E-state index contributed by atoms with van der Waals surface area (Å²) in [5.74, 6) is -0.781. The smallest absolute Gasteiger partial charge is 0.184 e. The molecule has 3 aliphatic heterocycles. The zero-order valence-corrected chi connectivity index (χ0v) is 23.4. The van der Waals surface area contributed by atoms with Crippen LogP contribution in [0.4, 0.5) is 0 Å². The molecule has 6 unspecified atom stereocenters. The van der Waals surface area contributed by atoms with E-state index in [1.54, 1.807) is 13.8 Å². The SMILES string of the molecule is C[C@@H]1C(O)[C@@H](OC2C(O)C(O[C@H]3O[C@H](CCCCO)CCC3N)[C@@H](N)C[C@H]2NC(=N)C2(O)COC2)OCC1(C)O. The summed E-state index contributed by atoms with van der Waals surface area (Å²) in [7, 11) is 0. The highest BCUT2D eigenvalue weighted by Gasteiger charge is 2.52. The molecule has 232 valence electrons. The van der Waals surface area contributed by atoms with Crippen LogP contribution in [-0.4, -0.2) is 130 Å². The third kappa shape index (κ3) is 6.96. The Kier molecular flexibility index (Phi) is 10.5. The molecular weight excluding hydrogens is 528 g/mol. The van der Waals surface area contributed by atoms with Gasteiger partial charge in [0.1, 0.15) is 30.3 Å². The van der Waals surface area contributed by atoms with Crippen molar-refractivity contribution >= 4 is 5.84 Å². The number of aliphatic hydroxyl groups is 5. The molecule has 1 saturated carbocycles. The van der Waals surface area contributed by atoms with Crippen molar-refractivity contribution in [1.82, 2.24) is 5.32 Å². The van der Waals surface area contributed by atoms with Gasteiger partial charge in [0.25, 0.3) is 0 Å². The van der Waals surface area contributed by atoms with E-state index in [0.29, 0.717) is 12.8 Å². The third-order valence-electron chi connectivity index (χ3n) is 8.82. The highest BCUT2D eigenvalue weighted by atomic mass is 16.7. The second-order valence-corrected chi connectivity index (χ2v) is 12.1. The molecule has 11 N–H and O–H groups in total. The fourth-order valence-electron chi connectivity index (χ4n) is 5.71. The number of nitrogens with two attached hydrogens (primary N) is 2. The molecule has 0 amide bonds. The first-order valence-electron chi connectivity index (χ1n) is 14.3. The van der Waals surface area contributed by atoms with Crippen LogP contribution in [0.1, 0.15) is 52.4 Å². The quantitative estimate of drug-likeness (QED) is 0.0753. The number of hydrogen-bond acceptors (Lipinski definition) is 13. The van der Waals surface area contributed by atoms with Crippen molar-refractivity contribution < 1.29 is 49.2 Å². The maximum Gasteiger partial charge on any atom is 0.184 e. The molecule has 4 rings (SSSR count). The summed E-state index contributed by atoms with van der Waals surface area (Å²) < 4.78 is 29.2. The Labute approximate surface area is 234 Å². The molecular formula is C26H48N4O10. The molecule has 0 aromatic heterocycles. The van der Waals surface area contributed by atoms with Crippen molar-refractivity contribution in [1.29, 1.82) is 5.41 Å². The van der Waals surface area contributed by atoms with Crippen LogP contribution in [-0.2, 0) is 23.7 Å². The number of unbranched alkanes of at least 4 members (excludes halogenated alkanes) is 1. The highest BCUT2D eigenvalue weighted by Crippen LogP contribution is 2.34. The lowest BCUT2D eigenvalue weighted by Crippen LogP contribution is -2.70. The summed E-state index contributed by atoms with van der Waals surface area (Å²) in [5, 5.41) is 63.9. The van der Waals surface area contributed by atoms with Crippen LogP contribution in [0.3, 0.4) is 0 Å². The van der Waals surface area contributed by atoms with E-state index in [4.69, 9.17) is 45.7 Å². The van der Waals surface area contributed by atoms with E-state index in [9.17, 15) is 20.4 Å². The lowest BCUT2D eigenvalue weighted by Gasteiger charge is -2.49. The van der Waals surface area contributed by atoms with Crippen LogP contribution in [0.2, 0.25) is 0 Å². The number of aliphatic hydroxyl groups excluding tert-OH is 3. The van der Waals surface area contributed by atoms with Crippen molar-refractivity contribution in [2.24, 2.45) is 17.4 Å². The Balaban J connectivity index is 1.49. The van der Waals surface area contributed by atoms with Gasteiger partial charge in [0.2, 0.25) is 0 Å². The van der Waals surface area contributed by atoms with Crippen LogP contribution in [0, 0.1) is 11.3 Å². The minimum Gasteiger partial charge on any atom is -0.396 e. The van der Waals surface area contributed by atoms with E-state index in [-0.39, 0.29) is 44.8 Å². The van der Waals surface area contributed by atoms with E-state index >= 15 is 0 Å². The van der Waals surface area contributed by atoms with E-state index in [1.165, 1.54) is 0 Å². The van der Waals surface area contributed by atoms with Crippen molar-refractivity contribution in [3.63, 3.8) is 0 Å². The molecule has 12 atom stereocenters. The second kappa shape index (κ2) is 13.1. The summed E-state index contributed by atoms with van der Waals surface area (Å²) in [5.41, 5.74) is 10.1. The predicted octanol–water partition coefficient (Wildman–Crippen LogP) is -2.36. The normalized spacial score (nSPS) is 45.5. The van der Waals surface area contributed by atoms with Crippen LogP contribution in [0.15, 0.2) is 0 Å². The van der Waals surface area contributed by atoms with E-state index in [1.807, 2.05) is 0 Å². The van der Waals surface area contributed by atoms with E-state index < -0.39 is 72.2 Å². The van der Waals surface area contributed by atoms with Gasteiger partial charge < -0.3 is 66.0 Å². The summed E-state index contributed by atoms with van der Waals surface area (Å²) in [4.78, 5) is 0. The maximum absolute atomic E-state index is 11.6. The van der Waals surface area contributed by atoms with Crippen molar-refractivity contribution in [3.05, 3.63) is 0 Å². The summed E-state index contributed by atoms with van der Waals surface area (Å²) in [6.07, 6.45) is -2.85. The van der Waals surface area contributed by atoms with Crippen molar-refractivity contribution in [2.75, 3.05) is 26.4 Å². The summed E-state index contributed by atoms with van der Waals surface area (Å²) in [6, 6.07) is -1.89. The molecule has 3 saturated heterocycles. The van der Waals surface area contributed by atoms with Crippen molar-refractivity contribution in [3.8, 4) is 0 Å². The predicted molar refractivity (Wildman–Crippen MR) is 141 cm³/mol. The molecule has 40 heavy (non-hydrogen) atoms. The number of rotatable bonds is 10. The third-order valence-corrected chi connectivity index (χ3v) is 8.82. The molecule has 0 bridgehead atoms. The molecule has 0 spiro atoms. The Bertz CT molecular complexity index is 848. The standard InChI is InChI=1S/C26H48N4O10/c1-13-18(32)23(37-10-25(13,2)34)40-21-17(30-24(29)26(35)11-36-12-26)9-16(28)20(19(21)33)39-22-15(27)7-6-14(38-22)5-3-4-8-31/h13-23,31-35H,3-12,27-28H2,1-2H3,(H2,29,30)/t13-,14-,15?,16+,17-,18?,19?,20?,21?,22-,23-,25?/m1/s1. The van der Waals surface area contributed by atoms with Gasteiger partial charge in [0.05, 0.1) is 43.6 Å². The molecule has 3 heterocycles. The van der Waals surface area contributed by atoms with Crippen LogP contribution < -0.4 is 16.8 Å². The first-order chi connectivity index (χ1) is 18.9. The topological polar surface area (TPSA) is 235 Å². The first kappa shape index (κ1) is 31.9. The molecule has 4 aliphatic rings. The maximum atomic E-state index is 11.6. The molecule has 4 fully saturated rings. The number of amidine groups is 1. The molecule has 0 radical (unpaired) electrons. The van der Waals surface area contributed by atoms with Gasteiger partial charge in [-0.15, -0.1) is 0 Å². The number of ether oxygens (including phenoxy) is 5. The Hall–Kier alpha value is -1.01. The van der Waals surface area contributed by atoms with Gasteiger partial charge >= 0.3 is 0 Å². The first-order valence-corrected chi connectivity index (χ1v) is 14.3. The fourth-order valence-corrected chi connectivity index (χ4v) is 5.71. The van der Waals surface area contributed by atoms with Crippen molar-refractivity contribution in [2.45, 2.75) is 125 Å². The van der Waals surface area contributed by atoms with Gasteiger partial charge in [0, 0.05) is 18.6 Å². The zero-order chi connectivity index (χ0) is 29.2. The van der Waals surface area contributed by atoms with Crippen LogP contribution >= 0.6 is 0 Å². The van der Waals surface area contributed by atoms with Gasteiger partial charge in [-0.05, 0) is 45.4 Å². The molecule has 0 aromatic rings. The van der Waals surface area contributed by atoms with Gasteiger partial charge in [-0.25, -0.2) is 0 Å². The highest BCUT2D eigenvalue weighted by molar-refractivity contribution is 5.89. The second-order valence-electron chi connectivity index (χ2n) is 12.1. The summed E-state index contributed by atoms with van der Waals surface area (Å²) in [6.45, 7) is 3.19. The molecule has 14 heteroatoms. The van der Waals surface area contributed by atoms with Gasteiger partial charge in [-0.1, -0.05) is 6.92 Å². The van der Waals surface area contributed by atoms with Gasteiger partial charge in [0.15, 0.2) is 18.2 Å². The van der Waals surface area contributed by atoms with E-state index in [2.05, 4.69) is 5.32 Å². The van der Waals surface area contributed by atoms with Gasteiger partial charge in [-0.3, -0.25) is 5.41 Å². The Morgan fingerprint density at radius 1 is 1.00 bits per heavy atom. The average Bonchev–Trinajstić information content (AvgIpc) is 2.89. The monoisotopic (exact) mass is 576 g/mol. The van der Waals surface area contributed by atoms with Crippen LogP contribution in [0.5, 0.6) is 0 Å². The van der Waals surface area contributed by atoms with Crippen LogP contribution in [0.25, 0.3) is 0 Å². The minimum atomic E-state index is -1.48. The average molecular weight is 577 g/mol. The lowest BCUT2D eigenvalue weighted by molar-refractivity contribution is -0.314.